The molecule has 0 aliphatic rings. The molecule has 0 saturated heterocycles. The first-order valence-electron chi connectivity index (χ1n) is 5.45. The fourth-order valence-corrected chi connectivity index (χ4v) is 1.72. The summed E-state index contributed by atoms with van der Waals surface area (Å²) in [5.74, 6) is -0.908. The van der Waals surface area contributed by atoms with E-state index in [0.717, 1.165) is 11.3 Å². The highest BCUT2D eigenvalue weighted by Gasteiger charge is 2.08. The van der Waals surface area contributed by atoms with Gasteiger partial charge in [0.2, 0.25) is 0 Å². The fourth-order valence-electron chi connectivity index (χ4n) is 1.72. The van der Waals surface area contributed by atoms with E-state index in [-0.39, 0.29) is 0 Å². The van der Waals surface area contributed by atoms with Crippen molar-refractivity contribution in [2.75, 3.05) is 0 Å². The molecule has 4 heteroatoms. The summed E-state index contributed by atoms with van der Waals surface area (Å²) in [5, 5.41) is 8.83. The SMILES string of the molecule is CC(C)n1cncc1-c1ccc(C(=O)O)cc1. The Morgan fingerprint density at radius 3 is 2.47 bits per heavy atom. The van der Waals surface area contributed by atoms with Crippen LogP contribution < -0.4 is 0 Å². The van der Waals surface area contributed by atoms with Gasteiger partial charge in [0, 0.05) is 6.04 Å². The third-order valence-corrected chi connectivity index (χ3v) is 2.65. The Hall–Kier alpha value is -2.10. The zero-order chi connectivity index (χ0) is 12.4. The van der Waals surface area contributed by atoms with E-state index in [1.54, 1.807) is 36.8 Å². The molecule has 1 aromatic heterocycles. The molecule has 1 aromatic carbocycles. The van der Waals surface area contributed by atoms with Crippen molar-refractivity contribution in [2.45, 2.75) is 19.9 Å². The second-order valence-corrected chi connectivity index (χ2v) is 4.16. The number of aromatic nitrogens is 2. The van der Waals surface area contributed by atoms with Gasteiger partial charge in [0.15, 0.2) is 0 Å². The van der Waals surface area contributed by atoms with Crippen molar-refractivity contribution in [3.05, 3.63) is 42.4 Å². The second-order valence-electron chi connectivity index (χ2n) is 4.16. The van der Waals surface area contributed by atoms with Crippen LogP contribution in [0.15, 0.2) is 36.8 Å². The molecule has 88 valence electrons. The van der Waals surface area contributed by atoms with Crippen LogP contribution in [0, 0.1) is 0 Å². The van der Waals surface area contributed by atoms with Gasteiger partial charge in [-0.3, -0.25) is 0 Å². The molecule has 2 rings (SSSR count). The molecule has 0 bridgehead atoms. The first-order chi connectivity index (χ1) is 8.09. The van der Waals surface area contributed by atoms with Gasteiger partial charge in [-0.1, -0.05) is 12.1 Å². The van der Waals surface area contributed by atoms with Crippen LogP contribution in [-0.2, 0) is 0 Å². The molecule has 0 amide bonds. The largest absolute Gasteiger partial charge is 0.478 e. The zero-order valence-corrected chi connectivity index (χ0v) is 9.79. The molecule has 0 aliphatic heterocycles. The van der Waals surface area contributed by atoms with E-state index in [0.29, 0.717) is 11.6 Å². The average Bonchev–Trinajstić information content (AvgIpc) is 2.78. The van der Waals surface area contributed by atoms with E-state index in [2.05, 4.69) is 23.4 Å². The summed E-state index contributed by atoms with van der Waals surface area (Å²) in [6.07, 6.45) is 3.57. The summed E-state index contributed by atoms with van der Waals surface area (Å²) >= 11 is 0. The fraction of sp³-hybridized carbons (Fsp3) is 0.231. The predicted molar refractivity (Wildman–Crippen MR) is 65.0 cm³/mol. The quantitative estimate of drug-likeness (QED) is 0.882. The summed E-state index contributed by atoms with van der Waals surface area (Å²) in [6, 6.07) is 7.15. The molecule has 0 aliphatic carbocycles. The molecule has 0 spiro atoms. The smallest absolute Gasteiger partial charge is 0.335 e. The molecule has 0 unspecified atom stereocenters. The number of nitrogens with zero attached hydrogens (tertiary/aromatic N) is 2. The lowest BCUT2D eigenvalue weighted by molar-refractivity contribution is 0.0697. The van der Waals surface area contributed by atoms with Crippen molar-refractivity contribution in [3.8, 4) is 11.3 Å². The van der Waals surface area contributed by atoms with E-state index < -0.39 is 5.97 Å². The van der Waals surface area contributed by atoms with Crippen LogP contribution in [0.4, 0.5) is 0 Å². The predicted octanol–water partition coefficient (Wildman–Crippen LogP) is 2.83. The number of carboxylic acid groups (broad SMARTS) is 1. The highest BCUT2D eigenvalue weighted by molar-refractivity contribution is 5.88. The van der Waals surface area contributed by atoms with Gasteiger partial charge in [-0.15, -0.1) is 0 Å². The molecular weight excluding hydrogens is 216 g/mol. The summed E-state index contributed by atoms with van der Waals surface area (Å²) < 4.78 is 2.05. The molecule has 17 heavy (non-hydrogen) atoms. The summed E-state index contributed by atoms with van der Waals surface area (Å²) in [5.41, 5.74) is 2.27. The Kier molecular flexibility index (Phi) is 2.95. The summed E-state index contributed by atoms with van der Waals surface area (Å²) in [7, 11) is 0. The van der Waals surface area contributed by atoms with Crippen LogP contribution in [0.3, 0.4) is 0 Å². The van der Waals surface area contributed by atoms with Gasteiger partial charge in [0.1, 0.15) is 0 Å². The van der Waals surface area contributed by atoms with Crippen molar-refractivity contribution in [1.82, 2.24) is 9.55 Å². The van der Waals surface area contributed by atoms with E-state index in [1.807, 2.05) is 0 Å². The van der Waals surface area contributed by atoms with Crippen molar-refractivity contribution < 1.29 is 9.90 Å². The average molecular weight is 230 g/mol. The molecule has 0 atom stereocenters. The molecule has 0 fully saturated rings. The minimum Gasteiger partial charge on any atom is -0.478 e. The Balaban J connectivity index is 2.40. The van der Waals surface area contributed by atoms with E-state index in [1.165, 1.54) is 0 Å². The molecule has 2 aromatic rings. The minimum atomic E-state index is -0.908. The monoisotopic (exact) mass is 230 g/mol. The van der Waals surface area contributed by atoms with Crippen molar-refractivity contribution in [1.29, 1.82) is 0 Å². The number of aromatic carboxylic acids is 1. The maximum atomic E-state index is 10.8. The van der Waals surface area contributed by atoms with Crippen LogP contribution in [-0.4, -0.2) is 20.6 Å². The number of imidazole rings is 1. The normalized spacial score (nSPS) is 10.8. The van der Waals surface area contributed by atoms with Crippen LogP contribution in [0.25, 0.3) is 11.3 Å². The highest BCUT2D eigenvalue weighted by Crippen LogP contribution is 2.22. The van der Waals surface area contributed by atoms with Gasteiger partial charge in [0.25, 0.3) is 0 Å². The third kappa shape index (κ3) is 2.20. The first-order valence-corrected chi connectivity index (χ1v) is 5.45. The summed E-state index contributed by atoms with van der Waals surface area (Å²) in [4.78, 5) is 14.9. The maximum absolute atomic E-state index is 10.8. The molecule has 1 heterocycles. The Labute approximate surface area is 99.5 Å². The van der Waals surface area contributed by atoms with Crippen LogP contribution >= 0.6 is 0 Å². The Bertz CT molecular complexity index is 527. The third-order valence-electron chi connectivity index (χ3n) is 2.65. The summed E-state index contributed by atoms with van der Waals surface area (Å²) in [6.45, 7) is 4.16. The Morgan fingerprint density at radius 2 is 1.94 bits per heavy atom. The standard InChI is InChI=1S/C13H14N2O2/c1-9(2)15-8-14-7-12(15)10-3-5-11(6-4-10)13(16)17/h3-9H,1-2H3,(H,16,17). The Morgan fingerprint density at radius 1 is 1.29 bits per heavy atom. The van der Waals surface area contributed by atoms with Crippen LogP contribution in [0.1, 0.15) is 30.2 Å². The number of hydrogen-bond donors (Lipinski definition) is 1. The number of carbonyl (C=O) groups is 1. The van der Waals surface area contributed by atoms with Crippen LogP contribution in [0.2, 0.25) is 0 Å². The number of carboxylic acids is 1. The highest BCUT2D eigenvalue weighted by atomic mass is 16.4. The number of benzene rings is 1. The molecule has 4 nitrogen and oxygen atoms in total. The van der Waals surface area contributed by atoms with Crippen molar-refractivity contribution in [3.63, 3.8) is 0 Å². The topological polar surface area (TPSA) is 55.1 Å². The van der Waals surface area contributed by atoms with E-state index >= 15 is 0 Å². The molecule has 1 N–H and O–H groups in total. The lowest BCUT2D eigenvalue weighted by Crippen LogP contribution is -2.01. The molecule has 0 radical (unpaired) electrons. The van der Waals surface area contributed by atoms with E-state index in [4.69, 9.17) is 5.11 Å². The van der Waals surface area contributed by atoms with Gasteiger partial charge in [-0.2, -0.15) is 0 Å². The van der Waals surface area contributed by atoms with Crippen LogP contribution in [0.5, 0.6) is 0 Å². The number of rotatable bonds is 3. The second kappa shape index (κ2) is 4.41. The van der Waals surface area contributed by atoms with Gasteiger partial charge in [-0.25, -0.2) is 9.78 Å². The molecule has 0 saturated carbocycles. The van der Waals surface area contributed by atoms with Gasteiger partial charge >= 0.3 is 5.97 Å². The van der Waals surface area contributed by atoms with Crippen molar-refractivity contribution >= 4 is 5.97 Å². The molecular formula is C13H14N2O2. The van der Waals surface area contributed by atoms with Crippen molar-refractivity contribution in [2.24, 2.45) is 0 Å². The maximum Gasteiger partial charge on any atom is 0.335 e. The lowest BCUT2D eigenvalue weighted by atomic mass is 10.1. The zero-order valence-electron chi connectivity index (χ0n) is 9.79. The van der Waals surface area contributed by atoms with Gasteiger partial charge in [-0.05, 0) is 31.5 Å². The van der Waals surface area contributed by atoms with Gasteiger partial charge in [0.05, 0.1) is 23.8 Å². The van der Waals surface area contributed by atoms with E-state index in [9.17, 15) is 4.79 Å². The minimum absolute atomic E-state index is 0.296. The number of hydrogen-bond acceptors (Lipinski definition) is 2. The lowest BCUT2D eigenvalue weighted by Gasteiger charge is -2.11. The first kappa shape index (κ1) is 11.4. The van der Waals surface area contributed by atoms with Gasteiger partial charge < -0.3 is 9.67 Å².